The Bertz CT molecular complexity index is 294. The van der Waals surface area contributed by atoms with Gasteiger partial charge in [0.05, 0.1) is 0 Å². The normalized spacial score (nSPS) is 11.7. The highest BCUT2D eigenvalue weighted by Gasteiger charge is 2.18. The van der Waals surface area contributed by atoms with E-state index >= 15 is 0 Å². The number of rotatable bonds is 7. The van der Waals surface area contributed by atoms with Crippen molar-refractivity contribution in [1.82, 2.24) is 10.2 Å². The van der Waals surface area contributed by atoms with E-state index in [-0.39, 0.29) is 17.6 Å². The van der Waals surface area contributed by atoms with Crippen molar-refractivity contribution < 1.29 is 19.5 Å². The number of carboxylic acids is 1. The highest BCUT2D eigenvalue weighted by Crippen LogP contribution is 2.06. The van der Waals surface area contributed by atoms with Crippen LogP contribution < -0.4 is 5.32 Å². The smallest absolute Gasteiger partial charge is 0.327 e. The van der Waals surface area contributed by atoms with Gasteiger partial charge in [-0.15, -0.1) is 0 Å². The number of carbonyl (C=O) groups excluding carboxylic acids is 2. The molecular formula is C10H18N2O4S. The molecule has 0 spiro atoms. The number of carboxylic acid groups (broad SMARTS) is 1. The molecule has 6 nitrogen and oxygen atoms in total. The molecule has 0 radical (unpaired) electrons. The summed E-state index contributed by atoms with van der Waals surface area (Å²) in [6, 6.07) is -0.896. The minimum absolute atomic E-state index is 0.00361. The lowest BCUT2D eigenvalue weighted by Crippen LogP contribution is -2.41. The first-order valence-corrected chi connectivity index (χ1v) is 6.28. The SMILES string of the molecule is CC(=O)NC(CSCCC(=O)N(C)C)C(=O)O. The highest BCUT2D eigenvalue weighted by molar-refractivity contribution is 7.99. The van der Waals surface area contributed by atoms with Crippen molar-refractivity contribution in [3.63, 3.8) is 0 Å². The summed E-state index contributed by atoms with van der Waals surface area (Å²) in [6.45, 7) is 1.27. The van der Waals surface area contributed by atoms with E-state index in [4.69, 9.17) is 5.11 Å². The molecule has 0 aliphatic rings. The van der Waals surface area contributed by atoms with Crippen molar-refractivity contribution in [2.75, 3.05) is 25.6 Å². The van der Waals surface area contributed by atoms with Gasteiger partial charge in [0.15, 0.2) is 0 Å². The molecule has 0 aromatic carbocycles. The second-order valence-electron chi connectivity index (χ2n) is 3.70. The first kappa shape index (κ1) is 15.8. The van der Waals surface area contributed by atoms with Gasteiger partial charge < -0.3 is 15.3 Å². The minimum Gasteiger partial charge on any atom is -0.480 e. The van der Waals surface area contributed by atoms with Crippen LogP contribution in [0.25, 0.3) is 0 Å². The summed E-state index contributed by atoms with van der Waals surface area (Å²) in [5.74, 6) is -0.631. The third kappa shape index (κ3) is 7.62. The Morgan fingerprint density at radius 3 is 2.35 bits per heavy atom. The molecule has 0 aliphatic heterocycles. The topological polar surface area (TPSA) is 86.7 Å². The molecule has 0 aromatic heterocycles. The third-order valence-electron chi connectivity index (χ3n) is 1.92. The molecule has 7 heteroatoms. The minimum atomic E-state index is -1.06. The predicted octanol–water partition coefficient (Wildman–Crippen LogP) is -0.213. The van der Waals surface area contributed by atoms with Crippen molar-refractivity contribution in [3.8, 4) is 0 Å². The first-order valence-electron chi connectivity index (χ1n) is 5.12. The summed E-state index contributed by atoms with van der Waals surface area (Å²) in [6.07, 6.45) is 0.365. The first-order chi connectivity index (χ1) is 7.84. The predicted molar refractivity (Wildman–Crippen MR) is 65.9 cm³/mol. The monoisotopic (exact) mass is 262 g/mol. The Morgan fingerprint density at radius 2 is 1.94 bits per heavy atom. The fourth-order valence-electron chi connectivity index (χ4n) is 1.00. The zero-order chi connectivity index (χ0) is 13.4. The maximum Gasteiger partial charge on any atom is 0.327 e. The van der Waals surface area contributed by atoms with Crippen LogP contribution in [-0.4, -0.2) is 59.4 Å². The van der Waals surface area contributed by atoms with Gasteiger partial charge in [-0.25, -0.2) is 4.79 Å². The highest BCUT2D eigenvalue weighted by atomic mass is 32.2. The number of thioether (sulfide) groups is 1. The van der Waals surface area contributed by atoms with Crippen LogP contribution in [0.2, 0.25) is 0 Å². The van der Waals surface area contributed by atoms with E-state index in [9.17, 15) is 14.4 Å². The molecule has 0 aromatic rings. The summed E-state index contributed by atoms with van der Waals surface area (Å²) >= 11 is 1.33. The number of aliphatic carboxylic acids is 1. The molecule has 0 rings (SSSR count). The zero-order valence-corrected chi connectivity index (χ0v) is 11.0. The van der Waals surface area contributed by atoms with Gasteiger partial charge >= 0.3 is 5.97 Å². The van der Waals surface area contributed by atoms with Crippen molar-refractivity contribution >= 4 is 29.5 Å². The van der Waals surface area contributed by atoms with E-state index in [1.54, 1.807) is 14.1 Å². The zero-order valence-electron chi connectivity index (χ0n) is 10.2. The van der Waals surface area contributed by atoms with Crippen LogP contribution in [0.15, 0.2) is 0 Å². The molecular weight excluding hydrogens is 244 g/mol. The lowest BCUT2D eigenvalue weighted by atomic mass is 10.3. The number of nitrogens with one attached hydrogen (secondary N) is 1. The van der Waals surface area contributed by atoms with E-state index in [2.05, 4.69) is 5.32 Å². The summed E-state index contributed by atoms with van der Waals surface area (Å²) in [5.41, 5.74) is 0. The summed E-state index contributed by atoms with van der Waals surface area (Å²) in [5, 5.41) is 11.2. The summed E-state index contributed by atoms with van der Waals surface area (Å²) in [7, 11) is 3.34. The van der Waals surface area contributed by atoms with Crippen molar-refractivity contribution in [3.05, 3.63) is 0 Å². The van der Waals surface area contributed by atoms with Crippen LogP contribution in [0.3, 0.4) is 0 Å². The van der Waals surface area contributed by atoms with Gasteiger partial charge in [-0.05, 0) is 0 Å². The Balaban J connectivity index is 3.87. The van der Waals surface area contributed by atoms with Crippen LogP contribution in [-0.2, 0) is 14.4 Å². The number of nitrogens with zero attached hydrogens (tertiary/aromatic N) is 1. The fourth-order valence-corrected chi connectivity index (χ4v) is 1.95. The molecule has 17 heavy (non-hydrogen) atoms. The number of hydrogen-bond acceptors (Lipinski definition) is 4. The van der Waals surface area contributed by atoms with Gasteiger partial charge in [0.2, 0.25) is 11.8 Å². The van der Waals surface area contributed by atoms with Crippen LogP contribution in [0, 0.1) is 0 Å². The maximum atomic E-state index is 11.2. The molecule has 1 unspecified atom stereocenters. The molecule has 2 amide bonds. The Morgan fingerprint density at radius 1 is 1.35 bits per heavy atom. The average Bonchev–Trinajstić information content (AvgIpc) is 2.21. The van der Waals surface area contributed by atoms with E-state index < -0.39 is 12.0 Å². The molecule has 0 bridgehead atoms. The van der Waals surface area contributed by atoms with Crippen molar-refractivity contribution in [2.24, 2.45) is 0 Å². The molecule has 0 aliphatic carbocycles. The number of hydrogen-bond donors (Lipinski definition) is 2. The average molecular weight is 262 g/mol. The van der Waals surface area contributed by atoms with Crippen LogP contribution >= 0.6 is 11.8 Å². The van der Waals surface area contributed by atoms with Crippen LogP contribution in [0.4, 0.5) is 0 Å². The van der Waals surface area contributed by atoms with E-state index in [0.717, 1.165) is 0 Å². The standard InChI is InChI=1S/C10H18N2O4S/c1-7(13)11-8(10(15)16)6-17-5-4-9(14)12(2)3/h8H,4-6H2,1-3H3,(H,11,13)(H,15,16). The molecule has 0 heterocycles. The molecule has 0 saturated carbocycles. The van der Waals surface area contributed by atoms with Crippen LogP contribution in [0.1, 0.15) is 13.3 Å². The van der Waals surface area contributed by atoms with E-state index in [1.807, 2.05) is 0 Å². The molecule has 0 fully saturated rings. The van der Waals surface area contributed by atoms with Crippen LogP contribution in [0.5, 0.6) is 0 Å². The van der Waals surface area contributed by atoms with E-state index in [1.165, 1.54) is 23.6 Å². The Hall–Kier alpha value is -1.24. The summed E-state index contributed by atoms with van der Waals surface area (Å²) < 4.78 is 0. The quantitative estimate of drug-likeness (QED) is 0.620. The molecule has 98 valence electrons. The van der Waals surface area contributed by atoms with Gasteiger partial charge in [-0.3, -0.25) is 9.59 Å². The van der Waals surface area contributed by atoms with Crippen molar-refractivity contribution in [2.45, 2.75) is 19.4 Å². The van der Waals surface area contributed by atoms with E-state index in [0.29, 0.717) is 12.2 Å². The number of amides is 2. The van der Waals surface area contributed by atoms with Gasteiger partial charge in [0.1, 0.15) is 6.04 Å². The lowest BCUT2D eigenvalue weighted by Gasteiger charge is -2.13. The van der Waals surface area contributed by atoms with Gasteiger partial charge in [0.25, 0.3) is 0 Å². The maximum absolute atomic E-state index is 11.2. The third-order valence-corrected chi connectivity index (χ3v) is 2.98. The Kier molecular flexibility index (Phi) is 7.36. The Labute approximate surface area is 105 Å². The van der Waals surface area contributed by atoms with Crippen molar-refractivity contribution in [1.29, 1.82) is 0 Å². The molecule has 2 N–H and O–H groups in total. The molecule has 1 atom stereocenters. The summed E-state index contributed by atoms with van der Waals surface area (Å²) in [4.78, 5) is 34.2. The second kappa shape index (κ2) is 7.94. The fraction of sp³-hybridized carbons (Fsp3) is 0.700. The molecule has 0 saturated heterocycles. The largest absolute Gasteiger partial charge is 0.480 e. The number of carbonyl (C=O) groups is 3. The van der Waals surface area contributed by atoms with Gasteiger partial charge in [-0.2, -0.15) is 11.8 Å². The lowest BCUT2D eigenvalue weighted by molar-refractivity contribution is -0.140. The van der Waals surface area contributed by atoms with Gasteiger partial charge in [-0.1, -0.05) is 0 Å². The second-order valence-corrected chi connectivity index (χ2v) is 4.85. The van der Waals surface area contributed by atoms with Gasteiger partial charge in [0, 0.05) is 38.9 Å².